The fraction of sp³-hybridized carbons (Fsp3) is 0.667. The van der Waals surface area contributed by atoms with Crippen LogP contribution in [0.3, 0.4) is 0 Å². The molecular formula is C21H33ClN4O2. The van der Waals surface area contributed by atoms with E-state index in [-0.39, 0.29) is 6.04 Å². The molecule has 28 heavy (non-hydrogen) atoms. The Hall–Kier alpha value is -1.34. The van der Waals surface area contributed by atoms with E-state index in [9.17, 15) is 0 Å². The zero-order valence-electron chi connectivity index (χ0n) is 17.1. The lowest BCUT2D eigenvalue weighted by molar-refractivity contribution is 0.0163. The molecule has 0 amide bonds. The average molecular weight is 409 g/mol. The van der Waals surface area contributed by atoms with Crippen molar-refractivity contribution in [3.63, 3.8) is 0 Å². The van der Waals surface area contributed by atoms with Crippen LogP contribution in [0.5, 0.6) is 0 Å². The van der Waals surface area contributed by atoms with Crippen molar-refractivity contribution >= 4 is 17.6 Å². The number of nitrogens with one attached hydrogen (secondary N) is 1. The van der Waals surface area contributed by atoms with Crippen LogP contribution in [-0.2, 0) is 9.47 Å². The number of halogens is 1. The van der Waals surface area contributed by atoms with Gasteiger partial charge in [0.05, 0.1) is 25.4 Å². The van der Waals surface area contributed by atoms with Gasteiger partial charge in [-0.3, -0.25) is 9.89 Å². The molecule has 1 atom stereocenters. The number of benzene rings is 1. The van der Waals surface area contributed by atoms with Crippen molar-refractivity contribution in [2.45, 2.75) is 31.9 Å². The molecule has 2 aliphatic rings. The predicted octanol–water partition coefficient (Wildman–Crippen LogP) is 2.79. The maximum Gasteiger partial charge on any atom is 0.193 e. The quantitative estimate of drug-likeness (QED) is 0.579. The Kier molecular flexibility index (Phi) is 8.40. The summed E-state index contributed by atoms with van der Waals surface area (Å²) in [5, 5.41) is 4.39. The van der Waals surface area contributed by atoms with Crippen LogP contribution in [0.4, 0.5) is 0 Å². The number of hydrogen-bond acceptors (Lipinski definition) is 4. The topological polar surface area (TPSA) is 49.3 Å². The first-order chi connectivity index (χ1) is 13.7. The summed E-state index contributed by atoms with van der Waals surface area (Å²) in [6.45, 7) is 9.00. The molecule has 2 aliphatic heterocycles. The molecule has 0 aromatic heterocycles. The van der Waals surface area contributed by atoms with Crippen molar-refractivity contribution in [3.05, 3.63) is 34.9 Å². The summed E-state index contributed by atoms with van der Waals surface area (Å²) in [5.74, 6) is 0.968. The number of likely N-dealkylation sites (tertiary alicyclic amines) is 1. The van der Waals surface area contributed by atoms with Crippen LogP contribution in [-0.4, -0.2) is 81.5 Å². The summed E-state index contributed by atoms with van der Waals surface area (Å²) < 4.78 is 11.3. The van der Waals surface area contributed by atoms with E-state index in [1.165, 1.54) is 5.56 Å². The Morgan fingerprint density at radius 2 is 2.04 bits per heavy atom. The molecule has 0 saturated carbocycles. The van der Waals surface area contributed by atoms with Crippen molar-refractivity contribution < 1.29 is 9.47 Å². The number of hydrogen-bond donors (Lipinski definition) is 1. The summed E-state index contributed by atoms with van der Waals surface area (Å²) in [6, 6.07) is 8.42. The number of piperidine rings is 1. The summed E-state index contributed by atoms with van der Waals surface area (Å²) in [5.41, 5.74) is 1.23. The van der Waals surface area contributed by atoms with E-state index in [4.69, 9.17) is 21.1 Å². The second-order valence-electron chi connectivity index (χ2n) is 7.29. The van der Waals surface area contributed by atoms with Crippen molar-refractivity contribution in [3.8, 4) is 0 Å². The van der Waals surface area contributed by atoms with Crippen molar-refractivity contribution in [2.24, 2.45) is 4.99 Å². The molecule has 2 fully saturated rings. The number of aliphatic imine (C=N–C) groups is 1. The second-order valence-corrected chi connectivity index (χ2v) is 7.73. The number of rotatable bonds is 6. The van der Waals surface area contributed by atoms with Gasteiger partial charge in [-0.05, 0) is 37.5 Å². The van der Waals surface area contributed by atoms with Crippen LogP contribution in [0.25, 0.3) is 0 Å². The van der Waals surface area contributed by atoms with E-state index >= 15 is 0 Å². The van der Waals surface area contributed by atoms with Crippen molar-refractivity contribution in [1.82, 2.24) is 15.1 Å². The fourth-order valence-electron chi connectivity index (χ4n) is 4.05. The van der Waals surface area contributed by atoms with E-state index in [0.717, 1.165) is 76.4 Å². The minimum absolute atomic E-state index is 0.236. The Morgan fingerprint density at radius 1 is 1.29 bits per heavy atom. The summed E-state index contributed by atoms with van der Waals surface area (Å²) in [6.07, 6.45) is 2.48. The molecule has 0 aliphatic carbocycles. The normalized spacial score (nSPS) is 21.0. The highest BCUT2D eigenvalue weighted by Crippen LogP contribution is 2.24. The van der Waals surface area contributed by atoms with Gasteiger partial charge in [0, 0.05) is 51.4 Å². The lowest BCUT2D eigenvalue weighted by Crippen LogP contribution is -2.50. The molecule has 2 saturated heterocycles. The van der Waals surface area contributed by atoms with Gasteiger partial charge in [0.25, 0.3) is 0 Å². The molecule has 0 radical (unpaired) electrons. The number of nitrogens with zero attached hydrogens (tertiary/aromatic N) is 3. The molecule has 7 heteroatoms. The van der Waals surface area contributed by atoms with Crippen LogP contribution in [0.15, 0.2) is 29.3 Å². The molecule has 3 rings (SSSR count). The summed E-state index contributed by atoms with van der Waals surface area (Å²) >= 11 is 6.27. The molecule has 1 aromatic carbocycles. The molecule has 2 heterocycles. The van der Waals surface area contributed by atoms with Gasteiger partial charge in [-0.2, -0.15) is 0 Å². The number of guanidine groups is 1. The molecular weight excluding hydrogens is 376 g/mol. The van der Waals surface area contributed by atoms with Crippen LogP contribution in [0.2, 0.25) is 5.02 Å². The third-order valence-electron chi connectivity index (χ3n) is 5.53. The van der Waals surface area contributed by atoms with Crippen LogP contribution >= 0.6 is 11.6 Å². The van der Waals surface area contributed by atoms with Crippen LogP contribution in [0, 0.1) is 0 Å². The van der Waals surface area contributed by atoms with Crippen molar-refractivity contribution in [2.75, 3.05) is 59.6 Å². The standard InChI is InChI=1S/C21H33ClN4O2/c1-3-28-19-7-9-26(10-8-19)21(23-2)24-16-20(25-11-13-27-14-12-25)17-5-4-6-18(22)15-17/h4-6,15,19-20H,3,7-14,16H2,1-2H3,(H,23,24). The molecule has 1 aromatic rings. The SMILES string of the molecule is CCOC1CCN(C(=NC)NCC(c2cccc(Cl)c2)N2CCOCC2)CC1. The maximum atomic E-state index is 6.27. The Balaban J connectivity index is 1.63. The largest absolute Gasteiger partial charge is 0.379 e. The van der Waals surface area contributed by atoms with E-state index in [2.05, 4.69) is 39.2 Å². The zero-order valence-corrected chi connectivity index (χ0v) is 17.8. The molecule has 156 valence electrons. The summed E-state index contributed by atoms with van der Waals surface area (Å²) in [7, 11) is 1.86. The Bertz CT molecular complexity index is 629. The molecule has 0 spiro atoms. The first-order valence-corrected chi connectivity index (χ1v) is 10.7. The molecule has 6 nitrogen and oxygen atoms in total. The zero-order chi connectivity index (χ0) is 19.8. The first-order valence-electron chi connectivity index (χ1n) is 10.4. The first kappa shape index (κ1) is 21.4. The highest BCUT2D eigenvalue weighted by atomic mass is 35.5. The Morgan fingerprint density at radius 3 is 2.68 bits per heavy atom. The molecule has 0 bridgehead atoms. The van der Waals surface area contributed by atoms with E-state index in [1.54, 1.807) is 0 Å². The Labute approximate surface area is 173 Å². The highest BCUT2D eigenvalue weighted by Gasteiger charge is 2.25. The minimum atomic E-state index is 0.236. The van der Waals surface area contributed by atoms with E-state index in [0.29, 0.717) is 6.10 Å². The third kappa shape index (κ3) is 5.83. The van der Waals surface area contributed by atoms with Crippen LogP contribution < -0.4 is 5.32 Å². The van der Waals surface area contributed by atoms with E-state index < -0.39 is 0 Å². The van der Waals surface area contributed by atoms with Crippen LogP contribution in [0.1, 0.15) is 31.4 Å². The lowest BCUT2D eigenvalue weighted by Gasteiger charge is -2.37. The lowest BCUT2D eigenvalue weighted by atomic mass is 10.0. The number of morpholine rings is 1. The maximum absolute atomic E-state index is 6.27. The van der Waals surface area contributed by atoms with Gasteiger partial charge in [-0.1, -0.05) is 23.7 Å². The molecule has 1 unspecified atom stereocenters. The predicted molar refractivity (Wildman–Crippen MR) is 114 cm³/mol. The smallest absolute Gasteiger partial charge is 0.193 e. The van der Waals surface area contributed by atoms with Gasteiger partial charge in [0.2, 0.25) is 0 Å². The number of ether oxygens (including phenoxy) is 2. The average Bonchev–Trinajstić information content (AvgIpc) is 2.73. The van der Waals surface area contributed by atoms with Gasteiger partial charge in [-0.25, -0.2) is 0 Å². The van der Waals surface area contributed by atoms with E-state index in [1.807, 2.05) is 19.2 Å². The monoisotopic (exact) mass is 408 g/mol. The molecule has 1 N–H and O–H groups in total. The van der Waals surface area contributed by atoms with Gasteiger partial charge in [0.1, 0.15) is 0 Å². The summed E-state index contributed by atoms with van der Waals surface area (Å²) in [4.78, 5) is 9.34. The van der Waals surface area contributed by atoms with Gasteiger partial charge in [-0.15, -0.1) is 0 Å². The van der Waals surface area contributed by atoms with Gasteiger partial charge < -0.3 is 19.7 Å². The minimum Gasteiger partial charge on any atom is -0.379 e. The van der Waals surface area contributed by atoms with Crippen molar-refractivity contribution in [1.29, 1.82) is 0 Å². The second kappa shape index (κ2) is 11.0. The van der Waals surface area contributed by atoms with Gasteiger partial charge >= 0.3 is 0 Å². The third-order valence-corrected chi connectivity index (χ3v) is 5.76. The fourth-order valence-corrected chi connectivity index (χ4v) is 4.25. The van der Waals surface area contributed by atoms with Gasteiger partial charge in [0.15, 0.2) is 5.96 Å². The highest BCUT2D eigenvalue weighted by molar-refractivity contribution is 6.30.